The molecule has 2 N–H and O–H groups in total. The average Bonchev–Trinajstić information content (AvgIpc) is 2.36. The summed E-state index contributed by atoms with van der Waals surface area (Å²) in [5.74, 6) is 1.52. The van der Waals surface area contributed by atoms with E-state index in [4.69, 9.17) is 16.3 Å². The second-order valence-electron chi connectivity index (χ2n) is 4.51. The van der Waals surface area contributed by atoms with Gasteiger partial charge in [0.25, 0.3) is 0 Å². The van der Waals surface area contributed by atoms with Crippen LogP contribution >= 0.6 is 11.6 Å². The van der Waals surface area contributed by atoms with Crippen molar-refractivity contribution in [3.63, 3.8) is 0 Å². The summed E-state index contributed by atoms with van der Waals surface area (Å²) in [4.78, 5) is 0. The molecular weight excluding hydrogens is 238 g/mol. The Balaban J connectivity index is 2.15. The number of hydrogen-bond acceptors (Lipinski definition) is 3. The number of ether oxygens (including phenoxy) is 1. The van der Waals surface area contributed by atoms with E-state index < -0.39 is 0 Å². The van der Waals surface area contributed by atoms with Crippen LogP contribution in [0.2, 0.25) is 5.02 Å². The number of methoxy groups -OCH3 is 1. The minimum atomic E-state index is 0.200. The second kappa shape index (κ2) is 5.61. The first-order valence-corrected chi connectivity index (χ1v) is 6.34. The van der Waals surface area contributed by atoms with Gasteiger partial charge in [-0.2, -0.15) is 0 Å². The molecule has 1 heterocycles. The standard InChI is InChI=1S/C13H18ClNO2/c1-17-11-7-10(13(16)12(14)8-11)6-9-2-4-15-5-3-9/h7-9,15-16H,2-6H2,1H3. The predicted octanol–water partition coefficient (Wildman–Crippen LogP) is 2.60. The van der Waals surface area contributed by atoms with Gasteiger partial charge >= 0.3 is 0 Å². The largest absolute Gasteiger partial charge is 0.506 e. The van der Waals surface area contributed by atoms with Gasteiger partial charge < -0.3 is 15.2 Å². The van der Waals surface area contributed by atoms with Gasteiger partial charge in [-0.1, -0.05) is 11.6 Å². The molecule has 0 aromatic heterocycles. The molecule has 1 saturated heterocycles. The molecule has 94 valence electrons. The Morgan fingerprint density at radius 2 is 2.12 bits per heavy atom. The Hall–Kier alpha value is -0.930. The highest BCUT2D eigenvalue weighted by Gasteiger charge is 2.17. The van der Waals surface area contributed by atoms with Crippen LogP contribution in [0.5, 0.6) is 11.5 Å². The zero-order valence-corrected chi connectivity index (χ0v) is 10.8. The number of benzene rings is 1. The topological polar surface area (TPSA) is 41.5 Å². The van der Waals surface area contributed by atoms with Crippen molar-refractivity contribution in [1.29, 1.82) is 0 Å². The molecular formula is C13H18ClNO2. The summed E-state index contributed by atoms with van der Waals surface area (Å²) in [6, 6.07) is 3.52. The van der Waals surface area contributed by atoms with Crippen molar-refractivity contribution in [1.82, 2.24) is 5.32 Å². The van der Waals surface area contributed by atoms with Gasteiger partial charge in [0.1, 0.15) is 11.5 Å². The Morgan fingerprint density at radius 1 is 1.41 bits per heavy atom. The number of hydrogen-bond donors (Lipinski definition) is 2. The molecule has 3 nitrogen and oxygen atoms in total. The smallest absolute Gasteiger partial charge is 0.137 e. The molecule has 1 aromatic rings. The quantitative estimate of drug-likeness (QED) is 0.872. The zero-order valence-electron chi connectivity index (χ0n) is 10.0. The number of halogens is 1. The average molecular weight is 256 g/mol. The third-order valence-electron chi connectivity index (χ3n) is 3.32. The summed E-state index contributed by atoms with van der Waals surface area (Å²) in [5, 5.41) is 13.6. The van der Waals surface area contributed by atoms with Crippen molar-refractivity contribution in [3.05, 3.63) is 22.7 Å². The van der Waals surface area contributed by atoms with Crippen molar-refractivity contribution in [2.24, 2.45) is 5.92 Å². The van der Waals surface area contributed by atoms with Crippen LogP contribution in [0, 0.1) is 5.92 Å². The lowest BCUT2D eigenvalue weighted by Gasteiger charge is -2.23. The first-order chi connectivity index (χ1) is 8.20. The van der Waals surface area contributed by atoms with Crippen LogP contribution in [-0.4, -0.2) is 25.3 Å². The van der Waals surface area contributed by atoms with Gasteiger partial charge in [-0.3, -0.25) is 0 Å². The van der Waals surface area contributed by atoms with E-state index in [2.05, 4.69) is 5.32 Å². The lowest BCUT2D eigenvalue weighted by molar-refractivity contribution is 0.364. The Labute approximate surface area is 107 Å². The van der Waals surface area contributed by atoms with E-state index in [9.17, 15) is 5.11 Å². The maximum Gasteiger partial charge on any atom is 0.137 e. The summed E-state index contributed by atoms with van der Waals surface area (Å²) in [6.45, 7) is 2.12. The Kier molecular flexibility index (Phi) is 4.13. The van der Waals surface area contributed by atoms with Gasteiger partial charge in [0, 0.05) is 6.07 Å². The van der Waals surface area contributed by atoms with Gasteiger partial charge in [0.05, 0.1) is 12.1 Å². The van der Waals surface area contributed by atoms with Crippen molar-refractivity contribution in [3.8, 4) is 11.5 Å². The van der Waals surface area contributed by atoms with E-state index in [1.807, 2.05) is 6.07 Å². The summed E-state index contributed by atoms with van der Waals surface area (Å²) in [5.41, 5.74) is 0.890. The maximum atomic E-state index is 9.95. The van der Waals surface area contributed by atoms with Gasteiger partial charge in [0.2, 0.25) is 0 Å². The molecule has 0 bridgehead atoms. The van der Waals surface area contributed by atoms with Gasteiger partial charge in [0.15, 0.2) is 0 Å². The van der Waals surface area contributed by atoms with Crippen molar-refractivity contribution < 1.29 is 9.84 Å². The molecule has 1 aliphatic rings. The molecule has 2 rings (SSSR count). The Morgan fingerprint density at radius 3 is 2.76 bits per heavy atom. The van der Waals surface area contributed by atoms with Gasteiger partial charge in [-0.25, -0.2) is 0 Å². The highest BCUT2D eigenvalue weighted by atomic mass is 35.5. The lowest BCUT2D eigenvalue weighted by Crippen LogP contribution is -2.28. The number of aromatic hydroxyl groups is 1. The van der Waals surface area contributed by atoms with Crippen LogP contribution in [0.3, 0.4) is 0 Å². The van der Waals surface area contributed by atoms with Crippen LogP contribution in [0.25, 0.3) is 0 Å². The molecule has 4 heteroatoms. The predicted molar refractivity (Wildman–Crippen MR) is 69.0 cm³/mol. The molecule has 1 aliphatic heterocycles. The summed E-state index contributed by atoms with van der Waals surface area (Å²) >= 11 is 5.97. The summed E-state index contributed by atoms with van der Waals surface area (Å²) in [7, 11) is 1.61. The van der Waals surface area contributed by atoms with Crippen molar-refractivity contribution in [2.75, 3.05) is 20.2 Å². The molecule has 0 radical (unpaired) electrons. The van der Waals surface area contributed by atoms with E-state index in [0.717, 1.165) is 37.9 Å². The fourth-order valence-corrected chi connectivity index (χ4v) is 2.53. The van der Waals surface area contributed by atoms with E-state index in [0.29, 0.717) is 16.7 Å². The molecule has 0 saturated carbocycles. The normalized spacial score (nSPS) is 17.1. The van der Waals surface area contributed by atoms with Crippen LogP contribution in [0.15, 0.2) is 12.1 Å². The molecule has 0 spiro atoms. The lowest BCUT2D eigenvalue weighted by atomic mass is 9.90. The third-order valence-corrected chi connectivity index (χ3v) is 3.61. The third kappa shape index (κ3) is 3.05. The number of rotatable bonds is 3. The number of phenolic OH excluding ortho intramolecular Hbond substituents is 1. The Bertz CT molecular complexity index is 389. The van der Waals surface area contributed by atoms with Crippen LogP contribution < -0.4 is 10.1 Å². The zero-order chi connectivity index (χ0) is 12.3. The monoisotopic (exact) mass is 255 g/mol. The highest BCUT2D eigenvalue weighted by molar-refractivity contribution is 6.32. The van der Waals surface area contributed by atoms with Gasteiger partial charge in [-0.05, 0) is 49.9 Å². The van der Waals surface area contributed by atoms with Crippen LogP contribution in [-0.2, 0) is 6.42 Å². The molecule has 17 heavy (non-hydrogen) atoms. The first-order valence-electron chi connectivity index (χ1n) is 5.97. The van der Waals surface area contributed by atoms with Crippen molar-refractivity contribution >= 4 is 11.6 Å². The molecule has 0 aliphatic carbocycles. The van der Waals surface area contributed by atoms with Gasteiger partial charge in [-0.15, -0.1) is 0 Å². The molecule has 1 aromatic carbocycles. The molecule has 0 unspecified atom stereocenters. The maximum absolute atomic E-state index is 9.95. The van der Waals surface area contributed by atoms with E-state index >= 15 is 0 Å². The fourth-order valence-electron chi connectivity index (χ4n) is 2.30. The first kappa shape index (κ1) is 12.5. The fraction of sp³-hybridized carbons (Fsp3) is 0.538. The number of piperidine rings is 1. The molecule has 1 fully saturated rings. The van der Waals surface area contributed by atoms with E-state index in [1.54, 1.807) is 13.2 Å². The molecule has 0 amide bonds. The minimum Gasteiger partial charge on any atom is -0.506 e. The van der Waals surface area contributed by atoms with E-state index in [-0.39, 0.29) is 5.75 Å². The second-order valence-corrected chi connectivity index (χ2v) is 4.92. The minimum absolute atomic E-state index is 0.200. The number of nitrogens with one attached hydrogen (secondary N) is 1. The van der Waals surface area contributed by atoms with Crippen molar-refractivity contribution in [2.45, 2.75) is 19.3 Å². The summed E-state index contributed by atoms with van der Waals surface area (Å²) in [6.07, 6.45) is 3.16. The molecule has 0 atom stereocenters. The van der Waals surface area contributed by atoms with Crippen LogP contribution in [0.4, 0.5) is 0 Å². The van der Waals surface area contributed by atoms with E-state index in [1.165, 1.54) is 0 Å². The summed E-state index contributed by atoms with van der Waals surface area (Å²) < 4.78 is 5.17. The van der Waals surface area contributed by atoms with Crippen LogP contribution in [0.1, 0.15) is 18.4 Å². The number of phenols is 1. The highest BCUT2D eigenvalue weighted by Crippen LogP contribution is 2.34. The SMILES string of the molecule is COc1cc(Cl)c(O)c(CC2CCNCC2)c1.